The number of rotatable bonds is 3. The third-order valence-electron chi connectivity index (χ3n) is 6.83. The summed E-state index contributed by atoms with van der Waals surface area (Å²) >= 11 is 0. The van der Waals surface area contributed by atoms with Crippen molar-refractivity contribution in [3.05, 3.63) is 0 Å². The van der Waals surface area contributed by atoms with Crippen molar-refractivity contribution in [1.29, 1.82) is 0 Å². The van der Waals surface area contributed by atoms with E-state index in [1.807, 2.05) is 27.7 Å². The van der Waals surface area contributed by atoms with Gasteiger partial charge < -0.3 is 15.7 Å². The average molecular weight is 367 g/mol. The van der Waals surface area contributed by atoms with Crippen LogP contribution in [0.4, 0.5) is 0 Å². The molecular formula is C21H38N2O3. The first-order valence-electron chi connectivity index (χ1n) is 10.1. The van der Waals surface area contributed by atoms with E-state index in [-0.39, 0.29) is 52.5 Å². The number of carbonyl (C=O) groups is 2. The highest BCUT2D eigenvalue weighted by Crippen LogP contribution is 2.55. The van der Waals surface area contributed by atoms with Gasteiger partial charge in [-0.3, -0.25) is 9.59 Å². The van der Waals surface area contributed by atoms with E-state index in [1.54, 1.807) is 6.92 Å². The van der Waals surface area contributed by atoms with Gasteiger partial charge in [0.2, 0.25) is 11.8 Å². The second-order valence-electron chi connectivity index (χ2n) is 10.1. The van der Waals surface area contributed by atoms with Crippen molar-refractivity contribution in [2.24, 2.45) is 29.1 Å². The Morgan fingerprint density at radius 2 is 1.77 bits per heavy atom. The van der Waals surface area contributed by atoms with Crippen LogP contribution in [0.25, 0.3) is 0 Å². The van der Waals surface area contributed by atoms with E-state index < -0.39 is 6.10 Å². The van der Waals surface area contributed by atoms with Crippen molar-refractivity contribution >= 4 is 11.8 Å². The minimum atomic E-state index is -0.513. The van der Waals surface area contributed by atoms with Gasteiger partial charge in [0.1, 0.15) is 0 Å². The molecule has 0 spiro atoms. The standard InChI is InChI=1S/C21H38N2O3/c1-12(19(26)23-20(4,5)6)15-8-10-21(7)11-9-16(22-14(3)24)13(2)17(21)18(15)25/h12-13,15-18,25H,8-11H2,1-7H3,(H,22,24)(H,23,26)/t12-,13+,15-,16-,17+,18-,21-/m0/s1. The Balaban J connectivity index is 2.17. The van der Waals surface area contributed by atoms with E-state index in [0.717, 1.165) is 25.7 Å². The van der Waals surface area contributed by atoms with E-state index in [9.17, 15) is 14.7 Å². The third-order valence-corrected chi connectivity index (χ3v) is 6.83. The van der Waals surface area contributed by atoms with E-state index >= 15 is 0 Å². The largest absolute Gasteiger partial charge is 0.392 e. The molecule has 0 aromatic carbocycles. The Labute approximate surface area is 158 Å². The molecule has 0 aromatic heterocycles. The fourth-order valence-electron chi connectivity index (χ4n) is 5.44. The molecule has 3 N–H and O–H groups in total. The van der Waals surface area contributed by atoms with Gasteiger partial charge in [-0.1, -0.05) is 20.8 Å². The molecule has 26 heavy (non-hydrogen) atoms. The summed E-state index contributed by atoms with van der Waals surface area (Å²) in [6.07, 6.45) is 3.37. The molecular weight excluding hydrogens is 328 g/mol. The molecule has 2 aliphatic rings. The lowest BCUT2D eigenvalue weighted by Gasteiger charge is -2.56. The maximum Gasteiger partial charge on any atom is 0.223 e. The number of aliphatic hydroxyl groups is 1. The molecule has 0 aromatic rings. The van der Waals surface area contributed by atoms with Crippen LogP contribution in [0.3, 0.4) is 0 Å². The molecule has 0 bridgehead atoms. The van der Waals surface area contributed by atoms with Gasteiger partial charge in [0, 0.05) is 24.4 Å². The van der Waals surface area contributed by atoms with Crippen LogP contribution < -0.4 is 10.6 Å². The highest BCUT2D eigenvalue weighted by molar-refractivity contribution is 5.79. The Hall–Kier alpha value is -1.10. The number of hydrogen-bond acceptors (Lipinski definition) is 3. The lowest BCUT2D eigenvalue weighted by Crippen LogP contribution is -2.58. The summed E-state index contributed by atoms with van der Waals surface area (Å²) in [7, 11) is 0. The second kappa shape index (κ2) is 7.49. The summed E-state index contributed by atoms with van der Waals surface area (Å²) in [5.74, 6) is 0.0680. The summed E-state index contributed by atoms with van der Waals surface area (Å²) in [5.41, 5.74) is -0.182. The zero-order valence-electron chi connectivity index (χ0n) is 17.6. The smallest absolute Gasteiger partial charge is 0.223 e. The lowest BCUT2D eigenvalue weighted by atomic mass is 9.51. The first kappa shape index (κ1) is 21.2. The van der Waals surface area contributed by atoms with Crippen molar-refractivity contribution in [2.75, 3.05) is 0 Å². The minimum absolute atomic E-state index is 0.00905. The highest BCUT2D eigenvalue weighted by atomic mass is 16.3. The van der Waals surface area contributed by atoms with Gasteiger partial charge in [0.15, 0.2) is 0 Å². The van der Waals surface area contributed by atoms with E-state index in [0.29, 0.717) is 0 Å². The van der Waals surface area contributed by atoms with E-state index in [4.69, 9.17) is 0 Å². The SMILES string of the molecule is CC(=O)N[C@H]1CC[C@]2(C)CC[C@@H]([C@H](C)C(=O)NC(C)(C)C)[C@H](O)[C@H]2[C@@H]1C. The normalized spacial score (nSPS) is 38.8. The quantitative estimate of drug-likeness (QED) is 0.719. The van der Waals surface area contributed by atoms with Crippen molar-refractivity contribution in [2.45, 2.75) is 91.8 Å². The molecule has 0 heterocycles. The van der Waals surface area contributed by atoms with Gasteiger partial charge in [0.25, 0.3) is 0 Å². The molecule has 2 amide bonds. The molecule has 2 saturated carbocycles. The fourth-order valence-corrected chi connectivity index (χ4v) is 5.44. The monoisotopic (exact) mass is 366 g/mol. The van der Waals surface area contributed by atoms with Crippen LogP contribution in [0, 0.1) is 29.1 Å². The van der Waals surface area contributed by atoms with E-state index in [1.165, 1.54) is 0 Å². The van der Waals surface area contributed by atoms with E-state index in [2.05, 4.69) is 24.5 Å². The van der Waals surface area contributed by atoms with Gasteiger partial charge in [-0.25, -0.2) is 0 Å². The number of fused-ring (bicyclic) bond motifs is 1. The van der Waals surface area contributed by atoms with Crippen molar-refractivity contribution in [3.8, 4) is 0 Å². The fraction of sp³-hybridized carbons (Fsp3) is 0.905. The zero-order valence-corrected chi connectivity index (χ0v) is 17.6. The van der Waals surface area contributed by atoms with Gasteiger partial charge in [0.05, 0.1) is 6.10 Å². The average Bonchev–Trinajstić information content (AvgIpc) is 2.48. The Morgan fingerprint density at radius 3 is 2.31 bits per heavy atom. The molecule has 0 unspecified atom stereocenters. The summed E-state index contributed by atoms with van der Waals surface area (Å²) in [6, 6.07) is 0.109. The lowest BCUT2D eigenvalue weighted by molar-refractivity contribution is -0.144. The van der Waals surface area contributed by atoms with Crippen LogP contribution in [0.15, 0.2) is 0 Å². The van der Waals surface area contributed by atoms with Gasteiger partial charge in [-0.05, 0) is 69.6 Å². The number of amides is 2. The van der Waals surface area contributed by atoms with Gasteiger partial charge in [-0.2, -0.15) is 0 Å². The van der Waals surface area contributed by atoms with Gasteiger partial charge >= 0.3 is 0 Å². The Kier molecular flexibility index (Phi) is 6.11. The van der Waals surface area contributed by atoms with Crippen LogP contribution >= 0.6 is 0 Å². The Bertz CT molecular complexity index is 542. The summed E-state index contributed by atoms with van der Waals surface area (Å²) in [4.78, 5) is 24.2. The first-order valence-corrected chi connectivity index (χ1v) is 10.1. The highest BCUT2D eigenvalue weighted by Gasteiger charge is 2.53. The van der Waals surface area contributed by atoms with Crippen molar-refractivity contribution in [1.82, 2.24) is 10.6 Å². The van der Waals surface area contributed by atoms with Crippen LogP contribution in [0.1, 0.15) is 74.1 Å². The summed E-state index contributed by atoms with van der Waals surface area (Å²) in [6.45, 7) is 13.9. The predicted molar refractivity (Wildman–Crippen MR) is 103 cm³/mol. The van der Waals surface area contributed by atoms with Crippen LogP contribution in [0.5, 0.6) is 0 Å². The third kappa shape index (κ3) is 4.41. The second-order valence-corrected chi connectivity index (χ2v) is 10.1. The molecule has 2 rings (SSSR count). The minimum Gasteiger partial charge on any atom is -0.392 e. The van der Waals surface area contributed by atoms with Crippen molar-refractivity contribution < 1.29 is 14.7 Å². The number of nitrogens with one attached hydrogen (secondary N) is 2. The number of hydrogen-bond donors (Lipinski definition) is 3. The molecule has 0 saturated heterocycles. The number of aliphatic hydroxyl groups excluding tert-OH is 1. The molecule has 0 aliphatic heterocycles. The Morgan fingerprint density at radius 1 is 1.19 bits per heavy atom. The molecule has 5 nitrogen and oxygen atoms in total. The van der Waals surface area contributed by atoms with Gasteiger partial charge in [-0.15, -0.1) is 0 Å². The molecule has 0 radical (unpaired) electrons. The summed E-state index contributed by atoms with van der Waals surface area (Å²) < 4.78 is 0. The topological polar surface area (TPSA) is 78.4 Å². The molecule has 2 aliphatic carbocycles. The maximum absolute atomic E-state index is 12.7. The molecule has 7 atom stereocenters. The predicted octanol–water partition coefficient (Wildman–Crippen LogP) is 2.87. The molecule has 2 fully saturated rings. The van der Waals surface area contributed by atoms with Crippen LogP contribution in [-0.4, -0.2) is 34.6 Å². The van der Waals surface area contributed by atoms with Crippen LogP contribution in [-0.2, 0) is 9.59 Å². The zero-order chi connectivity index (χ0) is 19.9. The molecule has 150 valence electrons. The first-order chi connectivity index (χ1) is 11.9. The molecule has 5 heteroatoms. The van der Waals surface area contributed by atoms with Crippen molar-refractivity contribution in [3.63, 3.8) is 0 Å². The number of carbonyl (C=O) groups excluding carboxylic acids is 2. The summed E-state index contributed by atoms with van der Waals surface area (Å²) in [5, 5.41) is 17.4. The van der Waals surface area contributed by atoms with Crippen LogP contribution in [0.2, 0.25) is 0 Å². The maximum atomic E-state index is 12.7.